The van der Waals surface area contributed by atoms with Gasteiger partial charge in [-0.3, -0.25) is 0 Å². The summed E-state index contributed by atoms with van der Waals surface area (Å²) in [4.78, 5) is 2.44. The number of rotatable bonds is 2. The molecule has 2 nitrogen and oxygen atoms in total. The molecule has 0 bridgehead atoms. The number of anilines is 2. The summed E-state index contributed by atoms with van der Waals surface area (Å²) in [5.74, 6) is 0.163. The lowest BCUT2D eigenvalue weighted by atomic mass is 9.34. The zero-order valence-corrected chi connectivity index (χ0v) is 25.7. The Labute approximate surface area is 264 Å². The summed E-state index contributed by atoms with van der Waals surface area (Å²) in [5.41, 5.74) is 21.6. The molecule has 0 saturated carbocycles. The Morgan fingerprint density at radius 2 is 1.31 bits per heavy atom. The van der Waals surface area contributed by atoms with Crippen LogP contribution in [0.4, 0.5) is 11.4 Å². The van der Waals surface area contributed by atoms with Crippen molar-refractivity contribution in [3.63, 3.8) is 0 Å². The molecule has 6 aromatic carbocycles. The van der Waals surface area contributed by atoms with Crippen molar-refractivity contribution < 1.29 is 0 Å². The summed E-state index contributed by atoms with van der Waals surface area (Å²) < 4.78 is 2.57. The van der Waals surface area contributed by atoms with Gasteiger partial charge in [-0.15, -0.1) is 0 Å². The van der Waals surface area contributed by atoms with E-state index in [1.54, 1.807) is 0 Å². The average Bonchev–Trinajstić information content (AvgIpc) is 3.56. The summed E-state index contributed by atoms with van der Waals surface area (Å²) in [7, 11) is 2.25. The molecule has 7 aromatic rings. The van der Waals surface area contributed by atoms with E-state index in [2.05, 4.69) is 158 Å². The van der Waals surface area contributed by atoms with Crippen molar-refractivity contribution in [3.05, 3.63) is 155 Å². The minimum Gasteiger partial charge on any atom is -0.345 e. The van der Waals surface area contributed by atoms with Crippen molar-refractivity contribution >= 4 is 45.4 Å². The van der Waals surface area contributed by atoms with Crippen LogP contribution in [0.1, 0.15) is 33.9 Å². The van der Waals surface area contributed by atoms with Gasteiger partial charge in [-0.2, -0.15) is 0 Å². The Bertz CT molecular complexity index is 2380. The lowest BCUT2D eigenvalue weighted by Crippen LogP contribution is -2.60. The second-order valence-electron chi connectivity index (χ2n) is 13.0. The van der Waals surface area contributed by atoms with Gasteiger partial charge < -0.3 is 9.47 Å². The van der Waals surface area contributed by atoms with Crippen molar-refractivity contribution in [1.82, 2.24) is 4.57 Å². The molecule has 0 fully saturated rings. The van der Waals surface area contributed by atoms with Crippen LogP contribution in [0.15, 0.2) is 127 Å². The number of hydrogen-bond donors (Lipinski definition) is 0. The third kappa shape index (κ3) is 3.20. The predicted octanol–water partition coefficient (Wildman–Crippen LogP) is 7.99. The molecule has 212 valence electrons. The molecule has 0 N–H and O–H groups in total. The number of benzene rings is 6. The van der Waals surface area contributed by atoms with Gasteiger partial charge in [0.1, 0.15) is 0 Å². The molecule has 0 saturated heterocycles. The van der Waals surface area contributed by atoms with Crippen LogP contribution in [-0.4, -0.2) is 18.3 Å². The Morgan fingerprint density at radius 1 is 0.578 bits per heavy atom. The van der Waals surface area contributed by atoms with Gasteiger partial charge in [0, 0.05) is 46.6 Å². The second kappa shape index (κ2) is 8.89. The number of aromatic nitrogens is 1. The fraction of sp³-hybridized carbons (Fsp3) is 0.0952. The quantitative estimate of drug-likeness (QED) is 0.190. The molecule has 0 radical (unpaired) electrons. The van der Waals surface area contributed by atoms with Crippen LogP contribution in [0.3, 0.4) is 0 Å². The van der Waals surface area contributed by atoms with Gasteiger partial charge in [-0.25, -0.2) is 0 Å². The van der Waals surface area contributed by atoms with E-state index >= 15 is 0 Å². The van der Waals surface area contributed by atoms with Gasteiger partial charge in [0.15, 0.2) is 0 Å². The zero-order chi connectivity index (χ0) is 30.0. The van der Waals surface area contributed by atoms with Gasteiger partial charge in [-0.05, 0) is 99.0 Å². The first-order valence-electron chi connectivity index (χ1n) is 16.0. The van der Waals surface area contributed by atoms with Crippen molar-refractivity contribution in [3.8, 4) is 27.9 Å². The maximum absolute atomic E-state index is 2.57. The Balaban J connectivity index is 1.27. The number of hydrogen-bond acceptors (Lipinski definition) is 1. The molecular formula is C42H31BN2. The molecule has 0 amide bonds. The van der Waals surface area contributed by atoms with Crippen molar-refractivity contribution in [2.45, 2.75) is 19.8 Å². The summed E-state index contributed by atoms with van der Waals surface area (Å²) in [5, 5.41) is 1.36. The maximum Gasteiger partial charge on any atom is 0.252 e. The molecular weight excluding hydrogens is 543 g/mol. The highest BCUT2D eigenvalue weighted by Crippen LogP contribution is 2.50. The van der Waals surface area contributed by atoms with Crippen LogP contribution in [0.2, 0.25) is 0 Å². The first-order chi connectivity index (χ1) is 22.1. The topological polar surface area (TPSA) is 8.17 Å². The smallest absolute Gasteiger partial charge is 0.252 e. The van der Waals surface area contributed by atoms with Gasteiger partial charge in [0.2, 0.25) is 0 Å². The molecule has 45 heavy (non-hydrogen) atoms. The molecule has 10 rings (SSSR count). The van der Waals surface area contributed by atoms with Gasteiger partial charge in [0.25, 0.3) is 6.71 Å². The summed E-state index contributed by atoms with van der Waals surface area (Å²) in [6, 6.07) is 47.8. The van der Waals surface area contributed by atoms with Crippen LogP contribution >= 0.6 is 0 Å². The molecule has 1 unspecified atom stereocenters. The fourth-order valence-electron chi connectivity index (χ4n) is 8.76. The van der Waals surface area contributed by atoms with E-state index in [4.69, 9.17) is 0 Å². The third-order valence-electron chi connectivity index (χ3n) is 10.9. The monoisotopic (exact) mass is 574 g/mol. The molecule has 3 heterocycles. The molecule has 1 atom stereocenters. The van der Waals surface area contributed by atoms with E-state index in [0.29, 0.717) is 0 Å². The Morgan fingerprint density at radius 3 is 2.20 bits per heavy atom. The Hall–Kier alpha value is -5.28. The number of nitrogens with zero attached hydrogens (tertiary/aromatic N) is 2. The summed E-state index contributed by atoms with van der Waals surface area (Å²) >= 11 is 0. The first kappa shape index (κ1) is 25.1. The molecule has 1 aromatic heterocycles. The fourth-order valence-corrected chi connectivity index (χ4v) is 8.76. The van der Waals surface area contributed by atoms with Gasteiger partial charge >= 0.3 is 0 Å². The highest BCUT2D eigenvalue weighted by Gasteiger charge is 2.42. The van der Waals surface area contributed by atoms with Crippen molar-refractivity contribution in [2.24, 2.45) is 0 Å². The van der Waals surface area contributed by atoms with Gasteiger partial charge in [0.05, 0.1) is 0 Å². The molecule has 3 aliphatic rings. The highest BCUT2D eigenvalue weighted by atomic mass is 15.1. The lowest BCUT2D eigenvalue weighted by Gasteiger charge is -2.39. The molecule has 3 heteroatoms. The largest absolute Gasteiger partial charge is 0.345 e. The van der Waals surface area contributed by atoms with E-state index in [0.717, 1.165) is 0 Å². The van der Waals surface area contributed by atoms with Crippen LogP contribution in [0.25, 0.3) is 38.8 Å². The zero-order valence-electron chi connectivity index (χ0n) is 25.7. The number of para-hydroxylation sites is 2. The Kier molecular flexibility index (Phi) is 4.96. The number of aryl methyl sites for hydroxylation is 1. The van der Waals surface area contributed by atoms with Crippen LogP contribution in [-0.2, 0) is 0 Å². The minimum atomic E-state index is 0.163. The van der Waals surface area contributed by atoms with Crippen LogP contribution in [0, 0.1) is 13.8 Å². The minimum absolute atomic E-state index is 0.163. The SMILES string of the molecule is Cc1c(C)n2c3c(cccc13)B1c3ccccc3N(C)c3cc(C4c5ccccc5-c5cc(-c6ccccc6)ccc54)cc-2c31. The van der Waals surface area contributed by atoms with Crippen molar-refractivity contribution in [2.75, 3.05) is 11.9 Å². The maximum atomic E-state index is 2.57. The van der Waals surface area contributed by atoms with E-state index < -0.39 is 0 Å². The van der Waals surface area contributed by atoms with Crippen LogP contribution in [0.5, 0.6) is 0 Å². The molecule has 1 aliphatic carbocycles. The predicted molar refractivity (Wildman–Crippen MR) is 190 cm³/mol. The molecule has 2 aliphatic heterocycles. The highest BCUT2D eigenvalue weighted by molar-refractivity contribution is 7.00. The average molecular weight is 575 g/mol. The summed E-state index contributed by atoms with van der Waals surface area (Å²) in [6.45, 7) is 4.79. The van der Waals surface area contributed by atoms with Crippen LogP contribution < -0.4 is 21.3 Å². The van der Waals surface area contributed by atoms with Crippen molar-refractivity contribution in [1.29, 1.82) is 0 Å². The number of fused-ring (bicyclic) bond motifs is 7. The van der Waals surface area contributed by atoms with E-state index in [1.165, 1.54) is 94.6 Å². The second-order valence-corrected chi connectivity index (χ2v) is 13.0. The van der Waals surface area contributed by atoms with Gasteiger partial charge in [-0.1, -0.05) is 103 Å². The standard InChI is InChI=1S/C42H31BN2/c1-25-26(2)45-39-24-29(40-32-15-8-7-14-31(32)34-22-28(20-21-33(34)40)27-12-5-4-6-13-27)23-38-41(39)43(36-18-11-16-30(25)42(36)45)35-17-9-10-19-37(35)44(38)3/h4-24,40H,1-3H3. The molecule has 0 spiro atoms. The third-order valence-corrected chi connectivity index (χ3v) is 10.9. The van der Waals surface area contributed by atoms with E-state index in [-0.39, 0.29) is 12.6 Å². The summed E-state index contributed by atoms with van der Waals surface area (Å²) in [6.07, 6.45) is 0. The normalized spacial score (nSPS) is 15.1. The van der Waals surface area contributed by atoms with E-state index in [1.807, 2.05) is 0 Å². The van der Waals surface area contributed by atoms with E-state index in [9.17, 15) is 0 Å². The lowest BCUT2D eigenvalue weighted by molar-refractivity contribution is 0.988. The first-order valence-corrected chi connectivity index (χ1v) is 16.0.